The molecule has 2 rings (SSSR count). The van der Waals surface area contributed by atoms with Crippen LogP contribution >= 0.6 is 0 Å². The Labute approximate surface area is 161 Å². The van der Waals surface area contributed by atoms with Crippen molar-refractivity contribution in [3.63, 3.8) is 0 Å². The number of benzene rings is 1. The van der Waals surface area contributed by atoms with E-state index in [2.05, 4.69) is 6.92 Å². The van der Waals surface area contributed by atoms with E-state index in [9.17, 15) is 20.4 Å². The second kappa shape index (κ2) is 11.6. The highest BCUT2D eigenvalue weighted by molar-refractivity contribution is 5.36. The molecule has 1 heterocycles. The summed E-state index contributed by atoms with van der Waals surface area (Å²) < 4.78 is 11.5. The molecule has 0 saturated carbocycles. The maximum atomic E-state index is 10.3. The molecule has 27 heavy (non-hydrogen) atoms. The summed E-state index contributed by atoms with van der Waals surface area (Å²) in [5.41, 5.74) is 0.609. The highest BCUT2D eigenvalue weighted by Crippen LogP contribution is 2.36. The quantitative estimate of drug-likeness (QED) is 0.439. The molecule has 1 aliphatic heterocycles. The number of aliphatic hydroxyl groups excluding tert-OH is 4. The normalized spacial score (nSPS) is 28.3. The van der Waals surface area contributed by atoms with Crippen molar-refractivity contribution in [3.05, 3.63) is 29.8 Å². The molecule has 0 aromatic heterocycles. The van der Waals surface area contributed by atoms with Crippen LogP contribution in [0.15, 0.2) is 24.3 Å². The summed E-state index contributed by atoms with van der Waals surface area (Å²) in [5.74, 6) is 0.591. The first-order valence-electron chi connectivity index (χ1n) is 10.1. The molecule has 1 aromatic carbocycles. The Balaban J connectivity index is 1.91. The van der Waals surface area contributed by atoms with Gasteiger partial charge in [0.1, 0.15) is 36.3 Å². The van der Waals surface area contributed by atoms with Crippen molar-refractivity contribution < 1.29 is 29.9 Å². The Bertz CT molecular complexity index is 535. The van der Waals surface area contributed by atoms with Gasteiger partial charge in [-0.3, -0.25) is 0 Å². The Kier molecular flexibility index (Phi) is 9.51. The van der Waals surface area contributed by atoms with Crippen LogP contribution in [0.4, 0.5) is 0 Å². The van der Waals surface area contributed by atoms with Gasteiger partial charge >= 0.3 is 0 Å². The second-order valence-corrected chi connectivity index (χ2v) is 7.26. The topological polar surface area (TPSA) is 99.4 Å². The van der Waals surface area contributed by atoms with Crippen molar-refractivity contribution in [1.29, 1.82) is 0 Å². The lowest BCUT2D eigenvalue weighted by molar-refractivity contribution is -0.232. The van der Waals surface area contributed by atoms with Gasteiger partial charge < -0.3 is 29.9 Å². The number of para-hydroxylation sites is 1. The fourth-order valence-electron chi connectivity index (χ4n) is 3.45. The van der Waals surface area contributed by atoms with Gasteiger partial charge in [-0.2, -0.15) is 0 Å². The number of hydrogen-bond donors (Lipinski definition) is 4. The number of hydrogen-bond acceptors (Lipinski definition) is 6. The third-order valence-corrected chi connectivity index (χ3v) is 5.12. The van der Waals surface area contributed by atoms with Crippen molar-refractivity contribution in [2.75, 3.05) is 13.2 Å². The first kappa shape index (κ1) is 22.1. The maximum Gasteiger partial charge on any atom is 0.125 e. The van der Waals surface area contributed by atoms with Crippen molar-refractivity contribution in [2.45, 2.75) is 82.4 Å². The van der Waals surface area contributed by atoms with Crippen LogP contribution in [-0.2, 0) is 4.74 Å². The van der Waals surface area contributed by atoms with Crippen molar-refractivity contribution in [2.24, 2.45) is 0 Å². The van der Waals surface area contributed by atoms with Crippen LogP contribution < -0.4 is 4.74 Å². The molecule has 1 unspecified atom stereocenters. The molecule has 1 fully saturated rings. The average Bonchev–Trinajstić information content (AvgIpc) is 2.69. The predicted octanol–water partition coefficient (Wildman–Crippen LogP) is 2.33. The number of ether oxygens (including phenoxy) is 2. The maximum absolute atomic E-state index is 10.3. The van der Waals surface area contributed by atoms with E-state index in [0.29, 0.717) is 17.9 Å². The lowest BCUT2D eigenvalue weighted by Gasteiger charge is -2.40. The molecule has 5 atom stereocenters. The molecule has 4 N–H and O–H groups in total. The van der Waals surface area contributed by atoms with E-state index >= 15 is 0 Å². The van der Waals surface area contributed by atoms with Crippen LogP contribution in [0.1, 0.15) is 63.5 Å². The second-order valence-electron chi connectivity index (χ2n) is 7.26. The monoisotopic (exact) mass is 382 g/mol. The molecular weight excluding hydrogens is 348 g/mol. The third-order valence-electron chi connectivity index (χ3n) is 5.12. The number of aliphatic hydroxyl groups is 4. The molecule has 0 amide bonds. The number of unbranched alkanes of at least 4 members (excludes halogenated alkanes) is 6. The average molecular weight is 382 g/mol. The van der Waals surface area contributed by atoms with Gasteiger partial charge in [-0.05, 0) is 12.5 Å². The third kappa shape index (κ3) is 6.16. The smallest absolute Gasteiger partial charge is 0.125 e. The summed E-state index contributed by atoms with van der Waals surface area (Å²) in [6.07, 6.45) is 2.52. The largest absolute Gasteiger partial charge is 0.493 e. The van der Waals surface area contributed by atoms with Crippen molar-refractivity contribution in [3.8, 4) is 5.75 Å². The van der Waals surface area contributed by atoms with Gasteiger partial charge in [-0.25, -0.2) is 0 Å². The zero-order valence-corrected chi connectivity index (χ0v) is 16.2. The summed E-state index contributed by atoms with van der Waals surface area (Å²) >= 11 is 0. The minimum Gasteiger partial charge on any atom is -0.493 e. The zero-order valence-electron chi connectivity index (χ0n) is 16.2. The minimum atomic E-state index is -1.39. The van der Waals surface area contributed by atoms with E-state index in [1.807, 2.05) is 6.07 Å². The standard InChI is InChI=1S/C21H34O6/c1-2-3-4-5-6-7-10-13-26-16-12-9-8-11-15(16)21-20(25)19(24)18(23)17(14-22)27-21/h8-9,11-12,17-25H,2-7,10,13-14H2,1H3/t17-,18-,19+,20-,21?/m1/s1. The van der Waals surface area contributed by atoms with Crippen LogP contribution in [0, 0.1) is 0 Å². The van der Waals surface area contributed by atoms with Crippen LogP contribution in [0.5, 0.6) is 5.75 Å². The highest BCUT2D eigenvalue weighted by atomic mass is 16.5. The van der Waals surface area contributed by atoms with Gasteiger partial charge in [-0.15, -0.1) is 0 Å². The lowest BCUT2D eigenvalue weighted by atomic mass is 9.91. The summed E-state index contributed by atoms with van der Waals surface area (Å²) in [6, 6.07) is 7.22. The molecule has 6 heteroatoms. The molecule has 0 spiro atoms. The molecular formula is C21H34O6. The Morgan fingerprint density at radius 1 is 0.889 bits per heavy atom. The fourth-order valence-corrected chi connectivity index (χ4v) is 3.45. The van der Waals surface area contributed by atoms with Crippen LogP contribution in [-0.4, -0.2) is 58.1 Å². The highest BCUT2D eigenvalue weighted by Gasteiger charge is 2.44. The first-order chi connectivity index (χ1) is 13.1. The Hall–Kier alpha value is -1.18. The summed E-state index contributed by atoms with van der Waals surface area (Å²) in [7, 11) is 0. The molecule has 0 bridgehead atoms. The van der Waals surface area contributed by atoms with Crippen molar-refractivity contribution in [1.82, 2.24) is 0 Å². The molecule has 1 saturated heterocycles. The lowest BCUT2D eigenvalue weighted by Crippen LogP contribution is -2.55. The first-order valence-corrected chi connectivity index (χ1v) is 10.1. The van der Waals surface area contributed by atoms with Gasteiger partial charge in [-0.1, -0.05) is 63.6 Å². The fraction of sp³-hybridized carbons (Fsp3) is 0.714. The van der Waals surface area contributed by atoms with Gasteiger partial charge in [0.2, 0.25) is 0 Å². The van der Waals surface area contributed by atoms with E-state index in [1.54, 1.807) is 18.2 Å². The van der Waals surface area contributed by atoms with Gasteiger partial charge in [0.05, 0.1) is 13.2 Å². The molecule has 1 aromatic rings. The summed E-state index contributed by atoms with van der Waals surface area (Å²) in [5, 5.41) is 39.7. The predicted molar refractivity (Wildman–Crippen MR) is 103 cm³/mol. The molecule has 0 aliphatic carbocycles. The molecule has 6 nitrogen and oxygen atoms in total. The molecule has 154 valence electrons. The Morgan fingerprint density at radius 2 is 1.56 bits per heavy atom. The van der Waals surface area contributed by atoms with Gasteiger partial charge in [0.25, 0.3) is 0 Å². The van der Waals surface area contributed by atoms with E-state index in [-0.39, 0.29) is 0 Å². The Morgan fingerprint density at radius 3 is 2.26 bits per heavy atom. The van der Waals surface area contributed by atoms with Crippen LogP contribution in [0.3, 0.4) is 0 Å². The van der Waals surface area contributed by atoms with Gasteiger partial charge in [0.15, 0.2) is 0 Å². The van der Waals surface area contributed by atoms with Crippen LogP contribution in [0.2, 0.25) is 0 Å². The van der Waals surface area contributed by atoms with Gasteiger partial charge in [0, 0.05) is 5.56 Å². The van der Waals surface area contributed by atoms with Crippen molar-refractivity contribution >= 4 is 0 Å². The minimum absolute atomic E-state index is 0.442. The van der Waals surface area contributed by atoms with E-state index in [1.165, 1.54) is 32.1 Å². The van der Waals surface area contributed by atoms with E-state index < -0.39 is 37.1 Å². The SMILES string of the molecule is CCCCCCCCCOc1ccccc1C1O[C@H](CO)[C@@H](O)[C@H](O)[C@H]1O. The summed E-state index contributed by atoms with van der Waals surface area (Å²) in [4.78, 5) is 0. The van der Waals surface area contributed by atoms with Crippen LogP contribution in [0.25, 0.3) is 0 Å². The number of rotatable bonds is 11. The molecule has 0 radical (unpaired) electrons. The molecule has 1 aliphatic rings. The zero-order chi connectivity index (χ0) is 19.6. The summed E-state index contributed by atoms with van der Waals surface area (Å²) in [6.45, 7) is 2.34. The van der Waals surface area contributed by atoms with E-state index in [4.69, 9.17) is 9.47 Å². The van der Waals surface area contributed by atoms with E-state index in [0.717, 1.165) is 12.8 Å².